The average molecular weight is 711 g/mol. The molecular formula is C25H22Br2ClF7N2O2. The Kier molecular flexibility index (Phi) is 10.7. The zero-order valence-electron chi connectivity index (χ0n) is 20.5. The molecule has 14 heteroatoms. The maximum absolute atomic E-state index is 13.8. The molecule has 0 aliphatic rings. The number of alkyl halides is 7. The van der Waals surface area contributed by atoms with E-state index in [1.165, 1.54) is 6.92 Å². The van der Waals surface area contributed by atoms with Crippen LogP contribution in [0.2, 0.25) is 5.02 Å². The standard InChI is InChI=1S/C25H22Br2ClF7N2O2/c1-12(36-20(38)11-23(2,3)29)37-22(39)15-6-4-13(8-17(15)25(33,34)35)5-7-16(24(30,31)32)14-9-18(26)21(28)19(27)10-14/h4-10,12,16H,11H2,1-3H3,(H,36,38)(H,37,39)/b7-5+/t12-,16?/m1/s1. The summed E-state index contributed by atoms with van der Waals surface area (Å²) in [6.07, 6.45) is -9.93. The minimum atomic E-state index is -5.03. The molecule has 0 aliphatic heterocycles. The number of hydrogen-bond acceptors (Lipinski definition) is 2. The first-order chi connectivity index (χ1) is 17.7. The van der Waals surface area contributed by atoms with Crippen molar-refractivity contribution < 1.29 is 40.3 Å². The van der Waals surface area contributed by atoms with E-state index in [2.05, 4.69) is 42.5 Å². The summed E-state index contributed by atoms with van der Waals surface area (Å²) < 4.78 is 96.8. The summed E-state index contributed by atoms with van der Waals surface area (Å²) in [6, 6.07) is 4.71. The molecule has 0 heterocycles. The molecule has 0 saturated carbocycles. The van der Waals surface area contributed by atoms with Crippen LogP contribution in [-0.4, -0.2) is 29.8 Å². The Morgan fingerprint density at radius 1 is 0.974 bits per heavy atom. The molecule has 2 amide bonds. The fourth-order valence-electron chi connectivity index (χ4n) is 3.45. The van der Waals surface area contributed by atoms with Crippen LogP contribution in [0.3, 0.4) is 0 Å². The number of hydrogen-bond donors (Lipinski definition) is 2. The summed E-state index contributed by atoms with van der Waals surface area (Å²) >= 11 is 12.1. The van der Waals surface area contributed by atoms with E-state index in [-0.39, 0.29) is 25.1 Å². The second-order valence-corrected chi connectivity index (χ2v) is 11.2. The van der Waals surface area contributed by atoms with Crippen molar-refractivity contribution in [1.29, 1.82) is 0 Å². The van der Waals surface area contributed by atoms with Gasteiger partial charge in [-0.3, -0.25) is 9.59 Å². The van der Waals surface area contributed by atoms with E-state index >= 15 is 0 Å². The van der Waals surface area contributed by atoms with Gasteiger partial charge in [0.1, 0.15) is 5.67 Å². The number of allylic oxidation sites excluding steroid dienone is 1. The second kappa shape index (κ2) is 12.6. The fourth-order valence-corrected chi connectivity index (χ4v) is 4.79. The number of halogens is 10. The zero-order valence-corrected chi connectivity index (χ0v) is 24.4. The Hall–Kier alpha value is -2.12. The third-order valence-electron chi connectivity index (χ3n) is 5.10. The molecule has 0 aliphatic carbocycles. The smallest absolute Gasteiger partial charge is 0.336 e. The van der Waals surface area contributed by atoms with Gasteiger partial charge in [0.25, 0.3) is 5.91 Å². The Morgan fingerprint density at radius 2 is 1.54 bits per heavy atom. The molecule has 0 radical (unpaired) electrons. The minimum absolute atomic E-state index is 0.146. The van der Waals surface area contributed by atoms with Crippen molar-refractivity contribution in [2.24, 2.45) is 0 Å². The summed E-state index contributed by atoms with van der Waals surface area (Å²) in [4.78, 5) is 24.4. The van der Waals surface area contributed by atoms with E-state index in [0.717, 1.165) is 44.2 Å². The highest BCUT2D eigenvalue weighted by molar-refractivity contribution is 9.11. The number of benzene rings is 2. The van der Waals surface area contributed by atoms with Crippen molar-refractivity contribution in [1.82, 2.24) is 10.6 Å². The van der Waals surface area contributed by atoms with Crippen LogP contribution in [0.1, 0.15) is 60.2 Å². The van der Waals surface area contributed by atoms with Crippen LogP contribution in [0.5, 0.6) is 0 Å². The van der Waals surface area contributed by atoms with Gasteiger partial charge in [-0.05, 0) is 88.0 Å². The molecule has 2 rings (SSSR count). The molecule has 1 unspecified atom stereocenters. The number of amides is 2. The van der Waals surface area contributed by atoms with Crippen LogP contribution >= 0.6 is 43.5 Å². The topological polar surface area (TPSA) is 58.2 Å². The van der Waals surface area contributed by atoms with Crippen LogP contribution in [0.25, 0.3) is 6.08 Å². The monoisotopic (exact) mass is 708 g/mol. The van der Waals surface area contributed by atoms with Crippen LogP contribution < -0.4 is 10.6 Å². The maximum atomic E-state index is 13.8. The van der Waals surface area contributed by atoms with Crippen LogP contribution in [0.4, 0.5) is 30.7 Å². The summed E-state index contributed by atoms with van der Waals surface area (Å²) in [5.74, 6) is -4.15. The molecule has 214 valence electrons. The quantitative estimate of drug-likeness (QED) is 0.164. The van der Waals surface area contributed by atoms with Crippen molar-refractivity contribution in [2.45, 2.75) is 57.3 Å². The summed E-state index contributed by atoms with van der Waals surface area (Å²) in [7, 11) is 0. The molecule has 2 aromatic carbocycles. The van der Waals surface area contributed by atoms with Crippen molar-refractivity contribution in [3.8, 4) is 0 Å². The Morgan fingerprint density at radius 3 is 2.03 bits per heavy atom. The lowest BCUT2D eigenvalue weighted by Crippen LogP contribution is -2.47. The third-order valence-corrected chi connectivity index (χ3v) is 7.21. The number of rotatable bonds is 8. The van der Waals surface area contributed by atoms with Gasteiger partial charge < -0.3 is 10.6 Å². The average Bonchev–Trinajstić information content (AvgIpc) is 2.74. The van der Waals surface area contributed by atoms with Crippen molar-refractivity contribution >= 4 is 61.4 Å². The minimum Gasteiger partial charge on any atom is -0.336 e. The highest BCUT2D eigenvalue weighted by atomic mass is 79.9. The van der Waals surface area contributed by atoms with Gasteiger partial charge in [0.15, 0.2) is 0 Å². The normalized spacial score (nSPS) is 14.3. The Balaban J connectivity index is 2.36. The molecule has 0 saturated heterocycles. The van der Waals surface area contributed by atoms with Gasteiger partial charge in [-0.15, -0.1) is 0 Å². The van der Waals surface area contributed by atoms with Crippen LogP contribution in [0.15, 0.2) is 45.4 Å². The summed E-state index contributed by atoms with van der Waals surface area (Å²) in [6.45, 7) is 3.59. The predicted molar refractivity (Wildman–Crippen MR) is 141 cm³/mol. The molecule has 0 aromatic heterocycles. The predicted octanol–water partition coefficient (Wildman–Crippen LogP) is 8.57. The molecule has 2 atom stereocenters. The summed E-state index contributed by atoms with van der Waals surface area (Å²) in [5.41, 5.74) is -4.52. The first-order valence-electron chi connectivity index (χ1n) is 11.1. The molecule has 0 bridgehead atoms. The second-order valence-electron chi connectivity index (χ2n) is 9.14. The highest BCUT2D eigenvalue weighted by Gasteiger charge is 2.40. The lowest BCUT2D eigenvalue weighted by Gasteiger charge is -2.20. The molecule has 4 nitrogen and oxygen atoms in total. The van der Waals surface area contributed by atoms with Crippen LogP contribution in [0, 0.1) is 0 Å². The van der Waals surface area contributed by atoms with Crippen LogP contribution in [-0.2, 0) is 11.0 Å². The van der Waals surface area contributed by atoms with E-state index in [1.807, 2.05) is 0 Å². The Labute approximate surface area is 241 Å². The van der Waals surface area contributed by atoms with Crippen molar-refractivity contribution in [3.63, 3.8) is 0 Å². The van der Waals surface area contributed by atoms with Gasteiger partial charge in [0.05, 0.1) is 34.7 Å². The van der Waals surface area contributed by atoms with E-state index < -0.39 is 59.5 Å². The Bertz CT molecular complexity index is 1240. The van der Waals surface area contributed by atoms with Crippen molar-refractivity contribution in [2.75, 3.05) is 0 Å². The lowest BCUT2D eigenvalue weighted by molar-refractivity contribution is -0.139. The fraction of sp³-hybridized carbons (Fsp3) is 0.360. The van der Waals surface area contributed by atoms with Gasteiger partial charge in [-0.2, -0.15) is 26.3 Å². The molecule has 0 fully saturated rings. The van der Waals surface area contributed by atoms with Gasteiger partial charge in [-0.25, -0.2) is 4.39 Å². The van der Waals surface area contributed by atoms with E-state index in [4.69, 9.17) is 11.6 Å². The maximum Gasteiger partial charge on any atom is 0.417 e. The van der Waals surface area contributed by atoms with Crippen molar-refractivity contribution in [3.05, 3.63) is 72.6 Å². The molecule has 39 heavy (non-hydrogen) atoms. The van der Waals surface area contributed by atoms with E-state index in [9.17, 15) is 40.3 Å². The first kappa shape index (κ1) is 33.1. The third kappa shape index (κ3) is 9.78. The highest BCUT2D eigenvalue weighted by Crippen LogP contribution is 2.41. The van der Waals surface area contributed by atoms with Gasteiger partial charge in [0.2, 0.25) is 5.91 Å². The molecule has 2 aromatic rings. The zero-order chi connectivity index (χ0) is 29.9. The molecule has 0 spiro atoms. The van der Waals surface area contributed by atoms with Gasteiger partial charge >= 0.3 is 12.4 Å². The first-order valence-corrected chi connectivity index (χ1v) is 13.0. The molecule has 2 N–H and O–H groups in total. The van der Waals surface area contributed by atoms with E-state index in [1.54, 1.807) is 0 Å². The SMILES string of the molecule is C[C@H](NC(=O)CC(C)(C)F)NC(=O)c1ccc(/C=C/C(c2cc(Br)c(Cl)c(Br)c2)C(F)(F)F)cc1C(F)(F)F. The number of carbonyl (C=O) groups is 2. The number of nitrogens with one attached hydrogen (secondary N) is 2. The van der Waals surface area contributed by atoms with E-state index in [0.29, 0.717) is 12.1 Å². The molecular weight excluding hydrogens is 689 g/mol. The lowest BCUT2D eigenvalue weighted by atomic mass is 9.96. The largest absolute Gasteiger partial charge is 0.417 e. The van der Waals surface area contributed by atoms with Gasteiger partial charge in [0, 0.05) is 8.95 Å². The summed E-state index contributed by atoms with van der Waals surface area (Å²) in [5, 5.41) is 4.57. The van der Waals surface area contributed by atoms with Gasteiger partial charge in [-0.1, -0.05) is 29.8 Å². The number of carbonyl (C=O) groups excluding carboxylic acids is 2.